The summed E-state index contributed by atoms with van der Waals surface area (Å²) < 4.78 is 46.6. The van der Waals surface area contributed by atoms with Gasteiger partial charge >= 0.3 is 12.3 Å². The largest absolute Gasteiger partial charge is 0.573 e. The molecule has 2 aromatic rings. The van der Waals surface area contributed by atoms with Gasteiger partial charge in [-0.2, -0.15) is 0 Å². The molecular formula is C20H17F3N2O4. The van der Waals surface area contributed by atoms with Gasteiger partial charge in [0, 0.05) is 18.8 Å². The van der Waals surface area contributed by atoms with Crippen molar-refractivity contribution in [2.75, 3.05) is 0 Å². The lowest BCUT2D eigenvalue weighted by Crippen LogP contribution is -2.43. The highest BCUT2D eigenvalue weighted by Crippen LogP contribution is 2.29. The van der Waals surface area contributed by atoms with Crippen LogP contribution in [0.25, 0.3) is 0 Å². The molecule has 0 aromatic heterocycles. The monoisotopic (exact) mass is 406 g/mol. The number of rotatable bonds is 6. The number of allylic oxidation sites excluding steroid dienone is 2. The minimum Gasteiger partial charge on any atom is -0.478 e. The van der Waals surface area contributed by atoms with Gasteiger partial charge in [-0.25, -0.2) is 4.79 Å². The van der Waals surface area contributed by atoms with Crippen LogP contribution in [0, 0.1) is 0 Å². The molecule has 1 unspecified atom stereocenters. The van der Waals surface area contributed by atoms with Gasteiger partial charge in [0.15, 0.2) is 0 Å². The number of nitrogens with zero attached hydrogens (tertiary/aromatic N) is 1. The van der Waals surface area contributed by atoms with Gasteiger partial charge in [-0.3, -0.25) is 0 Å². The third-order valence-electron chi connectivity index (χ3n) is 4.01. The van der Waals surface area contributed by atoms with Crippen LogP contribution in [-0.2, 0) is 11.3 Å². The number of ether oxygens (including phenoxy) is 2. The zero-order valence-corrected chi connectivity index (χ0v) is 15.0. The first-order valence-electron chi connectivity index (χ1n) is 8.47. The van der Waals surface area contributed by atoms with E-state index in [0.29, 0.717) is 12.3 Å². The van der Waals surface area contributed by atoms with Crippen molar-refractivity contribution in [2.45, 2.75) is 19.1 Å². The Hall–Kier alpha value is -3.46. The quantitative estimate of drug-likeness (QED) is 0.754. The fourth-order valence-electron chi connectivity index (χ4n) is 2.77. The second-order valence-electron chi connectivity index (χ2n) is 6.16. The fourth-order valence-corrected chi connectivity index (χ4v) is 2.77. The Kier molecular flexibility index (Phi) is 5.79. The van der Waals surface area contributed by atoms with Gasteiger partial charge in [0.2, 0.25) is 0 Å². The van der Waals surface area contributed by atoms with Gasteiger partial charge < -0.3 is 25.2 Å². The maximum atomic E-state index is 12.4. The van der Waals surface area contributed by atoms with Gasteiger partial charge in [-0.1, -0.05) is 18.2 Å². The maximum absolute atomic E-state index is 12.4. The summed E-state index contributed by atoms with van der Waals surface area (Å²) in [5, 5.41) is 9.18. The molecule has 29 heavy (non-hydrogen) atoms. The lowest BCUT2D eigenvalue weighted by atomic mass is 10.1. The van der Waals surface area contributed by atoms with Gasteiger partial charge in [0.25, 0.3) is 0 Å². The van der Waals surface area contributed by atoms with Gasteiger partial charge in [0.1, 0.15) is 23.4 Å². The Balaban J connectivity index is 1.71. The molecule has 0 fully saturated rings. The fraction of sp³-hybridized carbons (Fsp3) is 0.150. The third kappa shape index (κ3) is 5.52. The highest BCUT2D eigenvalue weighted by Gasteiger charge is 2.31. The average molecular weight is 406 g/mol. The Labute approximate surface area is 164 Å². The topological polar surface area (TPSA) is 85.0 Å². The van der Waals surface area contributed by atoms with E-state index < -0.39 is 18.5 Å². The first-order valence-corrected chi connectivity index (χ1v) is 8.47. The first-order chi connectivity index (χ1) is 13.7. The number of aliphatic carboxylic acids is 1. The van der Waals surface area contributed by atoms with Crippen LogP contribution in [0.3, 0.4) is 0 Å². The van der Waals surface area contributed by atoms with Crippen molar-refractivity contribution in [2.24, 2.45) is 5.73 Å². The minimum absolute atomic E-state index is 0.0707. The van der Waals surface area contributed by atoms with Crippen LogP contribution < -0.4 is 15.2 Å². The summed E-state index contributed by atoms with van der Waals surface area (Å²) >= 11 is 0. The molecule has 3 rings (SSSR count). The summed E-state index contributed by atoms with van der Waals surface area (Å²) in [5.41, 5.74) is 6.83. The molecule has 1 aliphatic rings. The summed E-state index contributed by atoms with van der Waals surface area (Å²) in [4.78, 5) is 12.9. The number of halogens is 3. The zero-order valence-electron chi connectivity index (χ0n) is 15.0. The maximum Gasteiger partial charge on any atom is 0.573 e. The predicted molar refractivity (Wildman–Crippen MR) is 98.0 cm³/mol. The van der Waals surface area contributed by atoms with Crippen LogP contribution in [0.15, 0.2) is 72.5 Å². The molecule has 1 atom stereocenters. The smallest absolute Gasteiger partial charge is 0.478 e. The zero-order chi connectivity index (χ0) is 21.0. The van der Waals surface area contributed by atoms with Crippen LogP contribution in [0.4, 0.5) is 13.2 Å². The summed E-state index contributed by atoms with van der Waals surface area (Å²) in [5.74, 6) is -0.904. The number of benzene rings is 2. The third-order valence-corrected chi connectivity index (χ3v) is 4.01. The van der Waals surface area contributed by atoms with Crippen LogP contribution in [0.1, 0.15) is 5.56 Å². The van der Waals surface area contributed by atoms with E-state index in [0.717, 1.165) is 11.6 Å². The van der Waals surface area contributed by atoms with E-state index in [1.165, 1.54) is 24.3 Å². The number of hydrogen-bond acceptors (Lipinski definition) is 5. The molecular weight excluding hydrogens is 389 g/mol. The average Bonchev–Trinajstić information content (AvgIpc) is 2.62. The van der Waals surface area contributed by atoms with E-state index in [2.05, 4.69) is 4.74 Å². The summed E-state index contributed by atoms with van der Waals surface area (Å²) in [6.45, 7) is 0.316. The van der Waals surface area contributed by atoms with Crippen LogP contribution in [-0.4, -0.2) is 28.5 Å². The molecule has 0 spiro atoms. The van der Waals surface area contributed by atoms with Crippen molar-refractivity contribution in [1.82, 2.24) is 4.90 Å². The van der Waals surface area contributed by atoms with Crippen molar-refractivity contribution in [3.8, 4) is 17.2 Å². The summed E-state index contributed by atoms with van der Waals surface area (Å²) in [6.07, 6.45) is -0.873. The predicted octanol–water partition coefficient (Wildman–Crippen LogP) is 4.00. The Morgan fingerprint density at radius 1 is 1.10 bits per heavy atom. The van der Waals surface area contributed by atoms with Crippen molar-refractivity contribution in [3.05, 3.63) is 78.0 Å². The van der Waals surface area contributed by atoms with E-state index in [9.17, 15) is 23.1 Å². The Morgan fingerprint density at radius 3 is 2.45 bits per heavy atom. The summed E-state index contributed by atoms with van der Waals surface area (Å²) in [7, 11) is 0. The van der Waals surface area contributed by atoms with E-state index in [4.69, 9.17) is 10.5 Å². The molecule has 9 heteroatoms. The number of carboxylic acid groups (broad SMARTS) is 1. The number of carbonyl (C=O) groups is 1. The molecule has 6 nitrogen and oxygen atoms in total. The molecule has 0 bridgehead atoms. The highest BCUT2D eigenvalue weighted by atomic mass is 19.4. The van der Waals surface area contributed by atoms with Gasteiger partial charge in [0.05, 0.1) is 5.57 Å². The molecule has 0 aliphatic carbocycles. The van der Waals surface area contributed by atoms with Crippen LogP contribution in [0.5, 0.6) is 17.2 Å². The molecule has 1 heterocycles. The number of carboxylic acids is 1. The number of alkyl halides is 3. The lowest BCUT2D eigenvalue weighted by molar-refractivity contribution is -0.274. The van der Waals surface area contributed by atoms with E-state index in [-0.39, 0.29) is 17.1 Å². The Morgan fingerprint density at radius 2 is 1.76 bits per heavy atom. The van der Waals surface area contributed by atoms with E-state index >= 15 is 0 Å². The van der Waals surface area contributed by atoms with Crippen molar-refractivity contribution < 1.29 is 32.5 Å². The molecule has 152 valence electrons. The van der Waals surface area contributed by atoms with E-state index in [1.807, 2.05) is 0 Å². The highest BCUT2D eigenvalue weighted by molar-refractivity contribution is 5.88. The van der Waals surface area contributed by atoms with E-state index in [1.54, 1.807) is 41.4 Å². The van der Waals surface area contributed by atoms with Gasteiger partial charge in [-0.15, -0.1) is 13.2 Å². The Bertz CT molecular complexity index is 957. The van der Waals surface area contributed by atoms with Crippen LogP contribution in [0.2, 0.25) is 0 Å². The van der Waals surface area contributed by atoms with Crippen LogP contribution >= 0.6 is 0 Å². The van der Waals surface area contributed by atoms with Crippen molar-refractivity contribution in [3.63, 3.8) is 0 Å². The van der Waals surface area contributed by atoms with Crippen molar-refractivity contribution >= 4 is 5.97 Å². The molecule has 0 radical (unpaired) electrons. The minimum atomic E-state index is -4.79. The molecule has 0 saturated carbocycles. The van der Waals surface area contributed by atoms with Gasteiger partial charge in [-0.05, 0) is 42.0 Å². The molecule has 1 aliphatic heterocycles. The second kappa shape index (κ2) is 8.27. The molecule has 3 N–H and O–H groups in total. The normalized spacial score (nSPS) is 16.3. The summed E-state index contributed by atoms with van der Waals surface area (Å²) in [6, 6.07) is 12.1. The molecule has 2 aromatic carbocycles. The number of nitrogens with two attached hydrogens (primary N) is 1. The molecule has 0 amide bonds. The standard InChI is InChI=1S/C20H17F3N2O4/c21-20(22,23)29-16-7-2-6-15(11-16)28-14-5-1-4-13(10-14)12-25-9-3-8-17(18(25)24)19(26)27/h1-11,18H,12,24H2,(H,26,27). The molecule has 0 saturated heterocycles. The number of hydrogen-bond donors (Lipinski definition) is 2. The first kappa shape index (κ1) is 20.3. The SMILES string of the molecule is NC1C(C(=O)O)=CC=CN1Cc1cccc(Oc2cccc(OC(F)(F)F)c2)c1. The lowest BCUT2D eigenvalue weighted by Gasteiger charge is -2.30. The van der Waals surface area contributed by atoms with Crippen molar-refractivity contribution in [1.29, 1.82) is 0 Å². The second-order valence-corrected chi connectivity index (χ2v) is 6.16.